The maximum atomic E-state index is 13.3. The molecule has 0 unspecified atom stereocenters. The Kier molecular flexibility index (Phi) is 6.18. The molecule has 0 saturated heterocycles. The number of hydrogen-bond donors (Lipinski definition) is 0. The Morgan fingerprint density at radius 1 is 1.11 bits per heavy atom. The lowest BCUT2D eigenvalue weighted by Gasteiger charge is -2.14. The second-order valence-electron chi connectivity index (χ2n) is 5.57. The standard InChI is InChI=1S/C18H11Cl2F3N4S/c19-12-4-1-3-11(9-12)16-25-26-17(28-8-2-7-24)27(16)13-5-6-15(20)14(10-13)18(21,22)23/h1,3-6,9-10H,2,8H2. The smallest absolute Gasteiger partial charge is 0.270 e. The van der Waals surface area contributed by atoms with E-state index in [0.717, 1.165) is 6.07 Å². The van der Waals surface area contributed by atoms with Gasteiger partial charge in [-0.3, -0.25) is 4.57 Å². The number of alkyl halides is 3. The van der Waals surface area contributed by atoms with Gasteiger partial charge in [-0.1, -0.05) is 47.1 Å². The quantitative estimate of drug-likeness (QED) is 0.345. The first-order valence-electron chi connectivity index (χ1n) is 7.89. The Hall–Kier alpha value is -2.21. The van der Waals surface area contributed by atoms with Crippen LogP contribution < -0.4 is 0 Å². The second-order valence-corrected chi connectivity index (χ2v) is 7.48. The molecule has 1 aromatic heterocycles. The van der Waals surface area contributed by atoms with E-state index in [1.807, 2.05) is 6.07 Å². The number of benzene rings is 2. The first-order chi connectivity index (χ1) is 13.3. The number of thioether (sulfide) groups is 1. The van der Waals surface area contributed by atoms with Crippen LogP contribution in [0.2, 0.25) is 10.0 Å². The van der Waals surface area contributed by atoms with Crippen molar-refractivity contribution >= 4 is 35.0 Å². The second kappa shape index (κ2) is 8.43. The summed E-state index contributed by atoms with van der Waals surface area (Å²) in [4.78, 5) is 0. The Bertz CT molecular complexity index is 1040. The Morgan fingerprint density at radius 2 is 1.89 bits per heavy atom. The molecule has 0 fully saturated rings. The minimum absolute atomic E-state index is 0.205. The minimum Gasteiger partial charge on any atom is -0.270 e. The van der Waals surface area contributed by atoms with Gasteiger partial charge in [0, 0.05) is 22.8 Å². The van der Waals surface area contributed by atoms with E-state index in [0.29, 0.717) is 27.3 Å². The molecule has 3 rings (SSSR count). The fourth-order valence-electron chi connectivity index (χ4n) is 2.47. The van der Waals surface area contributed by atoms with Gasteiger partial charge in [0.15, 0.2) is 11.0 Å². The van der Waals surface area contributed by atoms with Gasteiger partial charge >= 0.3 is 6.18 Å². The number of rotatable bonds is 5. The summed E-state index contributed by atoms with van der Waals surface area (Å²) in [6.45, 7) is 0. The summed E-state index contributed by atoms with van der Waals surface area (Å²) >= 11 is 13.0. The lowest BCUT2D eigenvalue weighted by atomic mass is 10.1. The molecule has 4 nitrogen and oxygen atoms in total. The molecule has 0 amide bonds. The van der Waals surface area contributed by atoms with E-state index in [2.05, 4.69) is 10.2 Å². The summed E-state index contributed by atoms with van der Waals surface area (Å²) in [5.41, 5.74) is -0.155. The molecular formula is C18H11Cl2F3N4S. The van der Waals surface area contributed by atoms with Crippen molar-refractivity contribution in [1.82, 2.24) is 14.8 Å². The molecule has 0 saturated carbocycles. The molecule has 0 radical (unpaired) electrons. The van der Waals surface area contributed by atoms with E-state index in [1.54, 1.807) is 24.3 Å². The lowest BCUT2D eigenvalue weighted by Crippen LogP contribution is -2.08. The van der Waals surface area contributed by atoms with E-state index in [4.69, 9.17) is 28.5 Å². The molecule has 0 bridgehead atoms. The molecular weight excluding hydrogens is 432 g/mol. The van der Waals surface area contributed by atoms with Crippen molar-refractivity contribution in [2.45, 2.75) is 17.8 Å². The van der Waals surface area contributed by atoms with Crippen molar-refractivity contribution in [1.29, 1.82) is 5.26 Å². The maximum Gasteiger partial charge on any atom is 0.417 e. The summed E-state index contributed by atoms with van der Waals surface area (Å²) in [5.74, 6) is 0.751. The van der Waals surface area contributed by atoms with Crippen molar-refractivity contribution < 1.29 is 13.2 Å². The molecule has 0 N–H and O–H groups in total. The van der Waals surface area contributed by atoms with Crippen molar-refractivity contribution in [3.05, 3.63) is 58.1 Å². The third-order valence-electron chi connectivity index (χ3n) is 3.67. The molecule has 144 valence electrons. The fourth-order valence-corrected chi connectivity index (χ4v) is 3.68. The van der Waals surface area contributed by atoms with Crippen LogP contribution in [0.3, 0.4) is 0 Å². The van der Waals surface area contributed by atoms with Gasteiger partial charge in [-0.15, -0.1) is 10.2 Å². The van der Waals surface area contributed by atoms with Crippen LogP contribution in [0.1, 0.15) is 12.0 Å². The van der Waals surface area contributed by atoms with Crippen LogP contribution in [-0.4, -0.2) is 20.5 Å². The zero-order valence-corrected chi connectivity index (χ0v) is 16.4. The Balaban J connectivity index is 2.17. The Labute approximate surface area is 172 Å². The van der Waals surface area contributed by atoms with Gasteiger partial charge in [-0.25, -0.2) is 0 Å². The van der Waals surface area contributed by atoms with Crippen molar-refractivity contribution in [3.8, 4) is 23.1 Å². The molecule has 0 atom stereocenters. The summed E-state index contributed by atoms with van der Waals surface area (Å²) in [7, 11) is 0. The summed E-state index contributed by atoms with van der Waals surface area (Å²) in [6, 6.07) is 12.4. The van der Waals surface area contributed by atoms with Gasteiger partial charge in [-0.05, 0) is 30.3 Å². The summed E-state index contributed by atoms with van der Waals surface area (Å²) in [5, 5.41) is 17.4. The van der Waals surface area contributed by atoms with E-state index >= 15 is 0 Å². The van der Waals surface area contributed by atoms with Gasteiger partial charge in [-0.2, -0.15) is 18.4 Å². The minimum atomic E-state index is -4.61. The van der Waals surface area contributed by atoms with Crippen LogP contribution in [0.15, 0.2) is 47.6 Å². The zero-order valence-electron chi connectivity index (χ0n) is 14.0. The number of nitriles is 1. The summed E-state index contributed by atoms with van der Waals surface area (Å²) in [6.07, 6.45) is -4.34. The highest BCUT2D eigenvalue weighted by atomic mass is 35.5. The van der Waals surface area contributed by atoms with Gasteiger partial charge in [0.2, 0.25) is 0 Å². The van der Waals surface area contributed by atoms with Crippen LogP contribution in [0.25, 0.3) is 17.1 Å². The Morgan fingerprint density at radius 3 is 2.57 bits per heavy atom. The molecule has 3 aromatic rings. The van der Waals surface area contributed by atoms with Gasteiger partial charge in [0.1, 0.15) is 0 Å². The highest BCUT2D eigenvalue weighted by Gasteiger charge is 2.34. The van der Waals surface area contributed by atoms with Crippen LogP contribution in [0.4, 0.5) is 13.2 Å². The molecule has 28 heavy (non-hydrogen) atoms. The average molecular weight is 443 g/mol. The molecule has 1 heterocycles. The van der Waals surface area contributed by atoms with Crippen molar-refractivity contribution in [2.24, 2.45) is 0 Å². The first-order valence-corrected chi connectivity index (χ1v) is 9.63. The van der Waals surface area contributed by atoms with Gasteiger partial charge in [0.05, 0.1) is 22.3 Å². The van der Waals surface area contributed by atoms with Crippen molar-refractivity contribution in [3.63, 3.8) is 0 Å². The van der Waals surface area contributed by atoms with Crippen molar-refractivity contribution in [2.75, 3.05) is 5.75 Å². The number of hydrogen-bond acceptors (Lipinski definition) is 4. The van der Waals surface area contributed by atoms with Crippen LogP contribution in [0.5, 0.6) is 0 Å². The highest BCUT2D eigenvalue weighted by molar-refractivity contribution is 7.99. The van der Waals surface area contributed by atoms with Gasteiger partial charge in [0.25, 0.3) is 0 Å². The van der Waals surface area contributed by atoms with E-state index in [1.165, 1.54) is 28.5 Å². The monoisotopic (exact) mass is 442 g/mol. The third-order valence-corrected chi connectivity index (χ3v) is 5.17. The average Bonchev–Trinajstić information content (AvgIpc) is 3.05. The largest absolute Gasteiger partial charge is 0.417 e. The predicted molar refractivity (Wildman–Crippen MR) is 103 cm³/mol. The first kappa shape index (κ1) is 20.5. The van der Waals surface area contributed by atoms with E-state index in [9.17, 15) is 13.2 Å². The molecule has 10 heteroatoms. The topological polar surface area (TPSA) is 54.5 Å². The third kappa shape index (κ3) is 4.43. The highest BCUT2D eigenvalue weighted by Crippen LogP contribution is 2.37. The molecule has 0 aliphatic rings. The van der Waals surface area contributed by atoms with Gasteiger partial charge < -0.3 is 0 Å². The maximum absolute atomic E-state index is 13.3. The molecule has 2 aromatic carbocycles. The summed E-state index contributed by atoms with van der Waals surface area (Å²) < 4.78 is 41.4. The molecule has 0 aliphatic heterocycles. The number of halogens is 5. The van der Waals surface area contributed by atoms with Crippen LogP contribution in [0, 0.1) is 11.3 Å². The predicted octanol–water partition coefficient (Wildman–Crippen LogP) is 6.27. The van der Waals surface area contributed by atoms with Crippen LogP contribution in [-0.2, 0) is 6.18 Å². The number of nitrogens with zero attached hydrogens (tertiary/aromatic N) is 4. The van der Waals surface area contributed by atoms with Crippen LogP contribution >= 0.6 is 35.0 Å². The zero-order chi connectivity index (χ0) is 20.3. The SMILES string of the molecule is N#CCCSc1nnc(-c2cccc(Cl)c2)n1-c1ccc(Cl)c(C(F)(F)F)c1. The molecule has 0 aliphatic carbocycles. The normalized spacial score (nSPS) is 11.4. The van der Waals surface area contributed by atoms with E-state index < -0.39 is 16.8 Å². The lowest BCUT2D eigenvalue weighted by molar-refractivity contribution is -0.137. The van der Waals surface area contributed by atoms with E-state index in [-0.39, 0.29) is 12.1 Å². The fraction of sp³-hybridized carbons (Fsp3) is 0.167. The molecule has 0 spiro atoms. The number of aromatic nitrogens is 3.